The molecule has 278 valence electrons. The van der Waals surface area contributed by atoms with Crippen molar-refractivity contribution >= 4 is 12.1 Å². The summed E-state index contributed by atoms with van der Waals surface area (Å²) in [5.41, 5.74) is 0. The summed E-state index contributed by atoms with van der Waals surface area (Å²) in [5.74, 6) is 4.80. The molecule has 18 nitrogen and oxygen atoms in total. The number of nitrogens with two attached hydrogens (primary N) is 1. The van der Waals surface area contributed by atoms with E-state index >= 15 is 0 Å². The predicted octanol–water partition coefficient (Wildman–Crippen LogP) is -0.947. The van der Waals surface area contributed by atoms with Crippen molar-refractivity contribution in [3.63, 3.8) is 0 Å². The lowest BCUT2D eigenvalue weighted by Crippen LogP contribution is -2.33. The Morgan fingerprint density at radius 2 is 0.872 bits per heavy atom. The second kappa shape index (κ2) is 34.1. The first-order valence-corrected chi connectivity index (χ1v) is 15.9. The molecule has 47 heavy (non-hydrogen) atoms. The summed E-state index contributed by atoms with van der Waals surface area (Å²) >= 11 is 0. The van der Waals surface area contributed by atoms with E-state index in [1.807, 2.05) is 0 Å². The summed E-state index contributed by atoms with van der Waals surface area (Å²) in [6, 6.07) is 0. The Balaban J connectivity index is 1.64. The topological polar surface area (TPSA) is 193 Å². The number of methoxy groups -OCH3 is 1. The van der Waals surface area contributed by atoms with Crippen molar-refractivity contribution < 1.29 is 75.9 Å². The number of ether oxygens (including phenoxy) is 14. The van der Waals surface area contributed by atoms with E-state index in [1.54, 1.807) is 7.11 Å². The Hall–Kier alpha value is -1.78. The van der Waals surface area contributed by atoms with Crippen molar-refractivity contribution in [2.75, 3.05) is 172 Å². The van der Waals surface area contributed by atoms with Crippen molar-refractivity contribution in [1.29, 1.82) is 0 Å². The molecular formula is C29H56N2O16. The first-order chi connectivity index (χ1) is 23.1. The highest BCUT2D eigenvalue weighted by atomic mass is 16.6. The van der Waals surface area contributed by atoms with Gasteiger partial charge in [-0.3, -0.25) is 0 Å². The quantitative estimate of drug-likeness (QED) is 0.0363. The highest BCUT2D eigenvalue weighted by Gasteiger charge is 2.30. The zero-order valence-electron chi connectivity index (χ0n) is 27.8. The van der Waals surface area contributed by atoms with E-state index < -0.39 is 18.2 Å². The van der Waals surface area contributed by atoms with Gasteiger partial charge in [0.2, 0.25) is 0 Å². The van der Waals surface area contributed by atoms with E-state index in [0.29, 0.717) is 139 Å². The van der Waals surface area contributed by atoms with E-state index in [1.165, 1.54) is 0 Å². The van der Waals surface area contributed by atoms with Crippen LogP contribution >= 0.6 is 0 Å². The second-order valence-corrected chi connectivity index (χ2v) is 9.51. The normalized spacial score (nSPS) is 14.6. The average Bonchev–Trinajstić information content (AvgIpc) is 3.40. The summed E-state index contributed by atoms with van der Waals surface area (Å²) in [4.78, 5) is 22.7. The summed E-state index contributed by atoms with van der Waals surface area (Å²) in [6.45, 7) is 10.2. The van der Waals surface area contributed by atoms with Gasteiger partial charge in [0.1, 0.15) is 13.2 Å². The number of amides is 1. The molecule has 0 aliphatic carbocycles. The van der Waals surface area contributed by atoms with Gasteiger partial charge in [-0.25, -0.2) is 20.4 Å². The fourth-order valence-electron chi connectivity index (χ4n) is 3.35. The van der Waals surface area contributed by atoms with Crippen molar-refractivity contribution in [3.8, 4) is 0 Å². The SMILES string of the molecule is COCCOCCOCCOCCOCCOCCOCCOCCOCCOCCOCCOCC(=O)OC[C@@H]1CN(N)C(=O)O1. The number of rotatable bonds is 37. The van der Waals surface area contributed by atoms with Crippen LogP contribution in [0.3, 0.4) is 0 Å². The maximum atomic E-state index is 11.6. The van der Waals surface area contributed by atoms with Gasteiger partial charge in [-0.15, -0.1) is 0 Å². The molecule has 1 rings (SSSR count). The lowest BCUT2D eigenvalue weighted by Gasteiger charge is -2.10. The smallest absolute Gasteiger partial charge is 0.424 e. The fourth-order valence-corrected chi connectivity index (χ4v) is 3.35. The van der Waals surface area contributed by atoms with Gasteiger partial charge < -0.3 is 66.3 Å². The number of cyclic esters (lactones) is 1. The lowest BCUT2D eigenvalue weighted by molar-refractivity contribution is -0.151. The van der Waals surface area contributed by atoms with Crippen molar-refractivity contribution in [2.24, 2.45) is 5.84 Å². The van der Waals surface area contributed by atoms with Gasteiger partial charge in [-0.05, 0) is 0 Å². The van der Waals surface area contributed by atoms with E-state index in [0.717, 1.165) is 5.01 Å². The Kier molecular flexibility index (Phi) is 31.4. The summed E-state index contributed by atoms with van der Waals surface area (Å²) in [5, 5.41) is 0.918. The standard InChI is InChI=1S/C29H56N2O16/c1-34-2-3-35-4-5-36-6-7-37-8-9-38-10-11-39-12-13-40-14-15-41-16-17-42-18-19-43-20-21-44-22-23-45-26-28(32)46-25-27-24-31(30)29(33)47-27/h27H,2-26,30H2,1H3/t27-/m0/s1. The van der Waals surface area contributed by atoms with Gasteiger partial charge in [-0.1, -0.05) is 0 Å². The summed E-state index contributed by atoms with van der Waals surface area (Å²) < 4.78 is 74.1. The third-order valence-electron chi connectivity index (χ3n) is 5.70. The van der Waals surface area contributed by atoms with Crippen molar-refractivity contribution in [2.45, 2.75) is 6.10 Å². The molecule has 0 aromatic rings. The first-order valence-electron chi connectivity index (χ1n) is 15.9. The second-order valence-electron chi connectivity index (χ2n) is 9.51. The van der Waals surface area contributed by atoms with Gasteiger partial charge in [0.15, 0.2) is 6.10 Å². The van der Waals surface area contributed by atoms with Gasteiger partial charge >= 0.3 is 12.1 Å². The van der Waals surface area contributed by atoms with E-state index in [4.69, 9.17) is 72.2 Å². The van der Waals surface area contributed by atoms with Crippen LogP contribution in [0.15, 0.2) is 0 Å². The zero-order valence-corrected chi connectivity index (χ0v) is 27.8. The summed E-state index contributed by atoms with van der Waals surface area (Å²) in [7, 11) is 1.64. The van der Waals surface area contributed by atoms with E-state index in [9.17, 15) is 9.59 Å². The number of nitrogens with zero attached hydrogens (tertiary/aromatic N) is 1. The third kappa shape index (κ3) is 30.0. The molecule has 1 aliphatic rings. The number of hydrazine groups is 1. The minimum atomic E-state index is -0.648. The molecule has 1 aliphatic heterocycles. The lowest BCUT2D eigenvalue weighted by atomic mass is 10.4. The molecule has 0 bridgehead atoms. The Bertz CT molecular complexity index is 711. The summed E-state index contributed by atoms with van der Waals surface area (Å²) in [6.07, 6.45) is -1.22. The molecule has 2 N–H and O–H groups in total. The number of esters is 1. The zero-order chi connectivity index (χ0) is 33.9. The van der Waals surface area contributed by atoms with Crippen LogP contribution in [0, 0.1) is 0 Å². The number of hydrogen-bond donors (Lipinski definition) is 1. The van der Waals surface area contributed by atoms with Gasteiger partial charge in [0.25, 0.3) is 0 Å². The van der Waals surface area contributed by atoms with E-state index in [-0.39, 0.29) is 26.4 Å². The molecule has 1 fully saturated rings. The van der Waals surface area contributed by atoms with Gasteiger partial charge in [-0.2, -0.15) is 0 Å². The van der Waals surface area contributed by atoms with Crippen LogP contribution in [0.25, 0.3) is 0 Å². The molecular weight excluding hydrogens is 632 g/mol. The maximum absolute atomic E-state index is 11.6. The molecule has 1 amide bonds. The molecule has 1 heterocycles. The molecule has 1 saturated heterocycles. The minimum Gasteiger partial charge on any atom is -0.460 e. The highest BCUT2D eigenvalue weighted by Crippen LogP contribution is 2.07. The average molecular weight is 689 g/mol. The Morgan fingerprint density at radius 3 is 1.15 bits per heavy atom. The predicted molar refractivity (Wildman–Crippen MR) is 163 cm³/mol. The highest BCUT2D eigenvalue weighted by molar-refractivity contribution is 5.71. The molecule has 1 atom stereocenters. The van der Waals surface area contributed by atoms with Crippen LogP contribution in [0.1, 0.15) is 0 Å². The molecule has 0 radical (unpaired) electrons. The maximum Gasteiger partial charge on any atom is 0.424 e. The molecule has 0 unspecified atom stereocenters. The molecule has 0 aromatic heterocycles. The van der Waals surface area contributed by atoms with Gasteiger partial charge in [0, 0.05) is 7.11 Å². The number of hydrogen-bond acceptors (Lipinski definition) is 17. The number of carbonyl (C=O) groups is 2. The van der Waals surface area contributed by atoms with Crippen LogP contribution < -0.4 is 5.84 Å². The molecule has 0 saturated carbocycles. The van der Waals surface area contributed by atoms with Crippen LogP contribution in [-0.4, -0.2) is 195 Å². The molecule has 0 spiro atoms. The molecule has 18 heteroatoms. The molecule has 0 aromatic carbocycles. The first kappa shape index (κ1) is 43.2. The third-order valence-corrected chi connectivity index (χ3v) is 5.70. The fraction of sp³-hybridized carbons (Fsp3) is 0.931. The van der Waals surface area contributed by atoms with Crippen LogP contribution in [-0.2, 0) is 71.1 Å². The van der Waals surface area contributed by atoms with Crippen molar-refractivity contribution in [1.82, 2.24) is 5.01 Å². The van der Waals surface area contributed by atoms with E-state index in [2.05, 4.69) is 0 Å². The van der Waals surface area contributed by atoms with Crippen LogP contribution in [0.2, 0.25) is 0 Å². The van der Waals surface area contributed by atoms with Crippen LogP contribution in [0.4, 0.5) is 4.79 Å². The van der Waals surface area contributed by atoms with Crippen LogP contribution in [0.5, 0.6) is 0 Å². The Morgan fingerprint density at radius 1 is 0.574 bits per heavy atom. The monoisotopic (exact) mass is 688 g/mol. The van der Waals surface area contributed by atoms with Gasteiger partial charge in [0.05, 0.1) is 152 Å². The van der Waals surface area contributed by atoms with Crippen molar-refractivity contribution in [3.05, 3.63) is 0 Å². The minimum absolute atomic E-state index is 0.0688. The number of carbonyl (C=O) groups excluding carboxylic acids is 2. The largest absolute Gasteiger partial charge is 0.460 e. The Labute approximate surface area is 277 Å².